The normalized spacial score (nSPS) is 13.7. The number of hydrogen-bond acceptors (Lipinski definition) is 3. The number of thiophene rings is 1. The fraction of sp³-hybridized carbons (Fsp3) is 0.667. The molecule has 0 radical (unpaired) electrons. The topological polar surface area (TPSA) is 29.3 Å². The molecule has 2 nitrogen and oxygen atoms in total. The first-order valence-corrected chi connectivity index (χ1v) is 7.05. The Labute approximate surface area is 107 Å². The summed E-state index contributed by atoms with van der Waals surface area (Å²) in [6.07, 6.45) is 2.31. The average molecular weight is 261 g/mol. The van der Waals surface area contributed by atoms with Crippen molar-refractivity contribution in [1.29, 1.82) is 0 Å². The third kappa shape index (κ3) is 3.20. The maximum absolute atomic E-state index is 5.96. The van der Waals surface area contributed by atoms with Gasteiger partial charge >= 0.3 is 0 Å². The molecule has 1 aromatic heterocycles. The molecule has 0 saturated carbocycles. The highest BCUT2D eigenvalue weighted by atomic mass is 35.5. The van der Waals surface area contributed by atoms with Gasteiger partial charge in [0.15, 0.2) is 0 Å². The van der Waals surface area contributed by atoms with E-state index < -0.39 is 0 Å². The van der Waals surface area contributed by atoms with Crippen LogP contribution in [0.4, 0.5) is 0 Å². The Morgan fingerprint density at radius 3 is 2.44 bits per heavy atom. The van der Waals surface area contributed by atoms with Gasteiger partial charge in [-0.25, -0.2) is 0 Å². The molecule has 0 fully saturated rings. The van der Waals surface area contributed by atoms with Crippen molar-refractivity contribution in [3.63, 3.8) is 0 Å². The van der Waals surface area contributed by atoms with Gasteiger partial charge in [0.1, 0.15) is 0 Å². The molecule has 0 spiro atoms. The Kier molecular flexibility index (Phi) is 5.76. The van der Waals surface area contributed by atoms with Crippen molar-refractivity contribution in [1.82, 2.24) is 4.90 Å². The molecule has 0 bridgehead atoms. The van der Waals surface area contributed by atoms with Crippen LogP contribution >= 0.6 is 22.9 Å². The van der Waals surface area contributed by atoms with Crippen molar-refractivity contribution in [3.8, 4) is 0 Å². The first-order chi connectivity index (χ1) is 7.63. The van der Waals surface area contributed by atoms with Gasteiger partial charge < -0.3 is 5.73 Å². The van der Waals surface area contributed by atoms with Gasteiger partial charge in [0.2, 0.25) is 0 Å². The monoisotopic (exact) mass is 260 g/mol. The molecule has 0 aliphatic heterocycles. The maximum atomic E-state index is 5.96. The number of rotatable bonds is 6. The van der Waals surface area contributed by atoms with Crippen LogP contribution in [0.1, 0.15) is 37.6 Å². The molecule has 2 N–H and O–H groups in total. The van der Waals surface area contributed by atoms with Crippen molar-refractivity contribution in [2.24, 2.45) is 5.73 Å². The maximum Gasteiger partial charge on any atom is 0.0564 e. The number of halogens is 1. The Balaban J connectivity index is 2.81. The van der Waals surface area contributed by atoms with E-state index in [-0.39, 0.29) is 0 Å². The number of nitrogens with zero attached hydrogens (tertiary/aromatic N) is 1. The van der Waals surface area contributed by atoms with Crippen molar-refractivity contribution in [2.75, 3.05) is 13.6 Å². The highest BCUT2D eigenvalue weighted by Crippen LogP contribution is 2.30. The molecule has 0 saturated heterocycles. The summed E-state index contributed by atoms with van der Waals surface area (Å²) in [7, 11) is 2.16. The van der Waals surface area contributed by atoms with Crippen LogP contribution in [0, 0.1) is 0 Å². The van der Waals surface area contributed by atoms with E-state index in [1.54, 1.807) is 11.3 Å². The van der Waals surface area contributed by atoms with Crippen LogP contribution < -0.4 is 5.73 Å². The zero-order valence-corrected chi connectivity index (χ0v) is 11.8. The molecule has 0 amide bonds. The summed E-state index contributed by atoms with van der Waals surface area (Å²) in [5.74, 6) is 0. The quantitative estimate of drug-likeness (QED) is 0.848. The van der Waals surface area contributed by atoms with Crippen LogP contribution in [0.3, 0.4) is 0 Å². The second-order valence-electron chi connectivity index (χ2n) is 4.05. The van der Waals surface area contributed by atoms with Gasteiger partial charge in [-0.3, -0.25) is 4.90 Å². The zero-order valence-electron chi connectivity index (χ0n) is 10.2. The summed E-state index contributed by atoms with van der Waals surface area (Å²) < 4.78 is 0. The van der Waals surface area contributed by atoms with E-state index in [2.05, 4.69) is 25.8 Å². The predicted molar refractivity (Wildman–Crippen MR) is 73.3 cm³/mol. The highest BCUT2D eigenvalue weighted by Gasteiger charge is 2.22. The molecule has 0 aliphatic rings. The molecule has 92 valence electrons. The molecule has 1 heterocycles. The number of likely N-dealkylation sites (N-methyl/N-ethyl adjacent to an activating group) is 1. The Bertz CT molecular complexity index is 310. The minimum absolute atomic E-state index is 0.294. The fourth-order valence-electron chi connectivity index (χ4n) is 2.11. The highest BCUT2D eigenvalue weighted by molar-refractivity contribution is 7.10. The SMILES string of the molecule is CCC(CC)N(C)C(CN)c1cc(Cl)cs1. The third-order valence-corrected chi connectivity index (χ3v) is 4.53. The summed E-state index contributed by atoms with van der Waals surface area (Å²) in [6, 6.07) is 2.92. The van der Waals surface area contributed by atoms with Crippen LogP contribution in [0.2, 0.25) is 5.02 Å². The van der Waals surface area contributed by atoms with Crippen molar-refractivity contribution in [2.45, 2.75) is 38.8 Å². The molecule has 16 heavy (non-hydrogen) atoms. The van der Waals surface area contributed by atoms with E-state index in [1.165, 1.54) is 4.88 Å². The van der Waals surface area contributed by atoms with Gasteiger partial charge in [0.25, 0.3) is 0 Å². The summed E-state index contributed by atoms with van der Waals surface area (Å²) in [5.41, 5.74) is 5.88. The van der Waals surface area contributed by atoms with E-state index in [4.69, 9.17) is 17.3 Å². The van der Waals surface area contributed by atoms with Crippen molar-refractivity contribution >= 4 is 22.9 Å². The largest absolute Gasteiger partial charge is 0.329 e. The van der Waals surface area contributed by atoms with E-state index in [0.29, 0.717) is 18.6 Å². The lowest BCUT2D eigenvalue weighted by atomic mass is 10.1. The van der Waals surface area contributed by atoms with Gasteiger partial charge in [-0.15, -0.1) is 11.3 Å². The average Bonchev–Trinajstić information content (AvgIpc) is 2.68. The predicted octanol–water partition coefficient (Wildman–Crippen LogP) is 3.52. The van der Waals surface area contributed by atoms with Crippen LogP contribution in [-0.4, -0.2) is 24.5 Å². The summed E-state index contributed by atoms with van der Waals surface area (Å²) in [4.78, 5) is 3.64. The fourth-order valence-corrected chi connectivity index (χ4v) is 3.35. The smallest absolute Gasteiger partial charge is 0.0564 e. The minimum Gasteiger partial charge on any atom is -0.329 e. The van der Waals surface area contributed by atoms with Gasteiger partial charge in [0, 0.05) is 22.8 Å². The van der Waals surface area contributed by atoms with Crippen LogP contribution in [0.5, 0.6) is 0 Å². The van der Waals surface area contributed by atoms with Crippen LogP contribution in [0.15, 0.2) is 11.4 Å². The molecular weight excluding hydrogens is 240 g/mol. The second-order valence-corrected chi connectivity index (χ2v) is 5.43. The molecular formula is C12H21ClN2S. The van der Waals surface area contributed by atoms with Gasteiger partial charge in [-0.2, -0.15) is 0 Å². The molecule has 0 aromatic carbocycles. The van der Waals surface area contributed by atoms with E-state index in [1.807, 2.05) is 11.4 Å². The molecule has 1 aromatic rings. The van der Waals surface area contributed by atoms with Gasteiger partial charge in [0.05, 0.1) is 11.1 Å². The van der Waals surface area contributed by atoms with Gasteiger partial charge in [-0.1, -0.05) is 25.4 Å². The second kappa shape index (κ2) is 6.60. The standard InChI is InChI=1S/C12H21ClN2S/c1-4-10(5-2)15(3)11(7-14)12-6-9(13)8-16-12/h6,8,10-11H,4-5,7,14H2,1-3H3. The van der Waals surface area contributed by atoms with E-state index in [0.717, 1.165) is 17.9 Å². The van der Waals surface area contributed by atoms with Crippen molar-refractivity contribution < 1.29 is 0 Å². The van der Waals surface area contributed by atoms with E-state index in [9.17, 15) is 0 Å². The summed E-state index contributed by atoms with van der Waals surface area (Å²) in [6.45, 7) is 5.09. The molecule has 0 aliphatic carbocycles. The molecule has 1 atom stereocenters. The minimum atomic E-state index is 0.294. The Morgan fingerprint density at radius 1 is 1.44 bits per heavy atom. The van der Waals surface area contributed by atoms with E-state index >= 15 is 0 Å². The Hall–Kier alpha value is -0.0900. The lowest BCUT2D eigenvalue weighted by Gasteiger charge is -2.33. The van der Waals surface area contributed by atoms with Crippen molar-refractivity contribution in [3.05, 3.63) is 21.3 Å². The summed E-state index contributed by atoms with van der Waals surface area (Å²) in [5, 5.41) is 2.79. The number of hydrogen-bond donors (Lipinski definition) is 1. The van der Waals surface area contributed by atoms with Gasteiger partial charge in [-0.05, 0) is 26.0 Å². The third-order valence-electron chi connectivity index (χ3n) is 3.15. The zero-order chi connectivity index (χ0) is 12.1. The van der Waals surface area contributed by atoms with Crippen LogP contribution in [0.25, 0.3) is 0 Å². The lowest BCUT2D eigenvalue weighted by molar-refractivity contribution is 0.170. The number of nitrogens with two attached hydrogens (primary N) is 1. The summed E-state index contributed by atoms with van der Waals surface area (Å²) >= 11 is 7.66. The first kappa shape index (κ1) is 14.0. The first-order valence-electron chi connectivity index (χ1n) is 5.79. The molecule has 4 heteroatoms. The molecule has 1 rings (SSSR count). The van der Waals surface area contributed by atoms with Crippen LogP contribution in [-0.2, 0) is 0 Å². The molecule has 1 unspecified atom stereocenters. The Morgan fingerprint density at radius 2 is 2.06 bits per heavy atom. The lowest BCUT2D eigenvalue weighted by Crippen LogP contribution is -2.37.